The number of halogens is 3. The number of pyridine rings is 1. The molecule has 0 radical (unpaired) electrons. The molecule has 0 aromatic carbocycles. The van der Waals surface area contributed by atoms with Gasteiger partial charge in [0.15, 0.2) is 0 Å². The van der Waals surface area contributed by atoms with Gasteiger partial charge in [0.05, 0.1) is 5.56 Å². The predicted molar refractivity (Wildman–Crippen MR) is 47.3 cm³/mol. The van der Waals surface area contributed by atoms with Crippen molar-refractivity contribution < 1.29 is 13.2 Å². The zero-order valence-corrected chi connectivity index (χ0v) is 7.30. The molecule has 14 heavy (non-hydrogen) atoms. The van der Waals surface area contributed by atoms with Crippen LogP contribution in [-0.2, 0) is 6.18 Å². The Kier molecular flexibility index (Phi) is 2.90. The second-order valence-corrected chi connectivity index (χ2v) is 2.73. The van der Waals surface area contributed by atoms with Crippen LogP contribution in [0.1, 0.15) is 11.1 Å². The molecule has 0 aliphatic carbocycles. The number of hydrogen-bond acceptors (Lipinski definition) is 2. The topological polar surface area (TPSA) is 38.9 Å². The van der Waals surface area contributed by atoms with Gasteiger partial charge in [0.2, 0.25) is 0 Å². The molecule has 5 heteroatoms. The second-order valence-electron chi connectivity index (χ2n) is 2.73. The van der Waals surface area contributed by atoms with E-state index >= 15 is 0 Å². The highest BCUT2D eigenvalue weighted by atomic mass is 19.4. The predicted octanol–water partition coefficient (Wildman–Crippen LogP) is 2.07. The molecule has 2 nitrogen and oxygen atoms in total. The first-order chi connectivity index (χ1) is 6.46. The Hall–Kier alpha value is -1.36. The molecule has 0 unspecified atom stereocenters. The van der Waals surface area contributed by atoms with Crippen molar-refractivity contribution in [1.29, 1.82) is 0 Å². The van der Waals surface area contributed by atoms with Crippen LogP contribution in [0.15, 0.2) is 25.0 Å². The first-order valence-electron chi connectivity index (χ1n) is 3.86. The lowest BCUT2D eigenvalue weighted by molar-refractivity contribution is -0.138. The summed E-state index contributed by atoms with van der Waals surface area (Å²) in [5, 5.41) is 0. The number of nitrogens with zero attached hydrogens (tertiary/aromatic N) is 1. The van der Waals surface area contributed by atoms with E-state index in [1.165, 1.54) is 12.3 Å². The number of alkyl halides is 3. The fraction of sp³-hybridized carbons (Fsp3) is 0.222. The zero-order valence-electron chi connectivity index (χ0n) is 7.30. The molecule has 0 saturated carbocycles. The molecule has 1 rings (SSSR count). The summed E-state index contributed by atoms with van der Waals surface area (Å²) in [4.78, 5) is 3.43. The molecule has 1 aromatic rings. The van der Waals surface area contributed by atoms with Gasteiger partial charge >= 0.3 is 6.18 Å². The van der Waals surface area contributed by atoms with E-state index in [4.69, 9.17) is 5.73 Å². The van der Waals surface area contributed by atoms with Crippen LogP contribution in [0, 0.1) is 0 Å². The van der Waals surface area contributed by atoms with Gasteiger partial charge in [-0.15, -0.1) is 0 Å². The summed E-state index contributed by atoms with van der Waals surface area (Å²) < 4.78 is 37.3. The lowest BCUT2D eigenvalue weighted by Gasteiger charge is -2.12. The van der Waals surface area contributed by atoms with Gasteiger partial charge < -0.3 is 5.73 Å². The van der Waals surface area contributed by atoms with Crippen LogP contribution < -0.4 is 5.73 Å². The molecule has 1 heterocycles. The zero-order chi connectivity index (χ0) is 10.8. The monoisotopic (exact) mass is 202 g/mol. The van der Waals surface area contributed by atoms with Gasteiger partial charge in [0, 0.05) is 18.9 Å². The standard InChI is InChI=1S/C9H9F3N2/c1-6(4-13)7-2-3-14-5-8(7)9(10,11)12/h2-3,5H,1,4,13H2. The maximum atomic E-state index is 12.4. The maximum Gasteiger partial charge on any atom is 0.418 e. The first kappa shape index (κ1) is 10.7. The minimum Gasteiger partial charge on any atom is -0.326 e. The van der Waals surface area contributed by atoms with Crippen molar-refractivity contribution in [1.82, 2.24) is 4.98 Å². The molecular weight excluding hydrogens is 193 g/mol. The van der Waals surface area contributed by atoms with E-state index in [-0.39, 0.29) is 17.7 Å². The molecule has 0 bridgehead atoms. The van der Waals surface area contributed by atoms with Crippen LogP contribution in [0.5, 0.6) is 0 Å². The second kappa shape index (κ2) is 3.79. The van der Waals surface area contributed by atoms with Crippen molar-refractivity contribution in [2.24, 2.45) is 5.73 Å². The van der Waals surface area contributed by atoms with Crippen LogP contribution in [0.3, 0.4) is 0 Å². The summed E-state index contributed by atoms with van der Waals surface area (Å²) in [6, 6.07) is 1.26. The molecule has 0 spiro atoms. The fourth-order valence-electron chi connectivity index (χ4n) is 1.04. The molecule has 2 N–H and O–H groups in total. The van der Waals surface area contributed by atoms with E-state index in [0.29, 0.717) is 0 Å². The molecule has 0 atom stereocenters. The Morgan fingerprint density at radius 1 is 1.50 bits per heavy atom. The van der Waals surface area contributed by atoms with Crippen molar-refractivity contribution in [3.8, 4) is 0 Å². The first-order valence-corrected chi connectivity index (χ1v) is 3.86. The Balaban J connectivity index is 3.23. The molecule has 1 aromatic heterocycles. The van der Waals surface area contributed by atoms with E-state index in [0.717, 1.165) is 6.20 Å². The molecule has 0 amide bonds. The summed E-state index contributed by atoms with van der Waals surface area (Å²) in [7, 11) is 0. The fourth-order valence-corrected chi connectivity index (χ4v) is 1.04. The van der Waals surface area contributed by atoms with E-state index in [1.807, 2.05) is 0 Å². The lowest BCUT2D eigenvalue weighted by Crippen LogP contribution is -2.11. The maximum absolute atomic E-state index is 12.4. The molecule has 0 saturated heterocycles. The van der Waals surface area contributed by atoms with Gasteiger partial charge in [-0.3, -0.25) is 4.98 Å². The van der Waals surface area contributed by atoms with Gasteiger partial charge in [-0.1, -0.05) is 6.58 Å². The number of rotatable bonds is 2. The van der Waals surface area contributed by atoms with Crippen molar-refractivity contribution >= 4 is 5.57 Å². The normalized spacial score (nSPS) is 11.4. The highest BCUT2D eigenvalue weighted by Gasteiger charge is 2.33. The van der Waals surface area contributed by atoms with Gasteiger partial charge in [-0.05, 0) is 17.2 Å². The smallest absolute Gasteiger partial charge is 0.326 e. The van der Waals surface area contributed by atoms with Gasteiger partial charge in [0.1, 0.15) is 0 Å². The summed E-state index contributed by atoms with van der Waals surface area (Å²) in [6.45, 7) is 3.46. The molecule has 0 aliphatic heterocycles. The van der Waals surface area contributed by atoms with E-state index in [9.17, 15) is 13.2 Å². The number of nitrogens with two attached hydrogens (primary N) is 1. The molecule has 0 aliphatic rings. The largest absolute Gasteiger partial charge is 0.418 e. The van der Waals surface area contributed by atoms with E-state index in [2.05, 4.69) is 11.6 Å². The average Bonchev–Trinajstić information content (AvgIpc) is 2.15. The van der Waals surface area contributed by atoms with Crippen molar-refractivity contribution in [3.63, 3.8) is 0 Å². The molecule has 76 valence electrons. The average molecular weight is 202 g/mol. The quantitative estimate of drug-likeness (QED) is 0.797. The van der Waals surface area contributed by atoms with Gasteiger partial charge in [-0.2, -0.15) is 13.2 Å². The van der Waals surface area contributed by atoms with Crippen LogP contribution in [-0.4, -0.2) is 11.5 Å². The number of hydrogen-bond donors (Lipinski definition) is 1. The Morgan fingerprint density at radius 2 is 2.14 bits per heavy atom. The van der Waals surface area contributed by atoms with Crippen LogP contribution >= 0.6 is 0 Å². The summed E-state index contributed by atoms with van der Waals surface area (Å²) in [6.07, 6.45) is -2.36. The van der Waals surface area contributed by atoms with E-state index < -0.39 is 11.7 Å². The van der Waals surface area contributed by atoms with Crippen molar-refractivity contribution in [3.05, 3.63) is 36.2 Å². The van der Waals surface area contributed by atoms with Crippen molar-refractivity contribution in [2.45, 2.75) is 6.18 Å². The summed E-state index contributed by atoms with van der Waals surface area (Å²) in [5.74, 6) is 0. The Bertz CT molecular complexity index is 344. The van der Waals surface area contributed by atoms with Crippen molar-refractivity contribution in [2.75, 3.05) is 6.54 Å². The lowest BCUT2D eigenvalue weighted by atomic mass is 10.0. The highest BCUT2D eigenvalue weighted by Crippen LogP contribution is 2.33. The Labute approximate surface area is 79.3 Å². The van der Waals surface area contributed by atoms with Crippen LogP contribution in [0.2, 0.25) is 0 Å². The minimum atomic E-state index is -4.41. The van der Waals surface area contributed by atoms with Crippen LogP contribution in [0.25, 0.3) is 5.57 Å². The molecule has 0 fully saturated rings. The van der Waals surface area contributed by atoms with Crippen LogP contribution in [0.4, 0.5) is 13.2 Å². The third-order valence-corrected chi connectivity index (χ3v) is 1.75. The summed E-state index contributed by atoms with van der Waals surface area (Å²) in [5.41, 5.74) is 4.69. The Morgan fingerprint density at radius 3 is 2.64 bits per heavy atom. The van der Waals surface area contributed by atoms with Gasteiger partial charge in [-0.25, -0.2) is 0 Å². The van der Waals surface area contributed by atoms with Gasteiger partial charge in [0.25, 0.3) is 0 Å². The molecular formula is C9H9F3N2. The van der Waals surface area contributed by atoms with E-state index in [1.54, 1.807) is 0 Å². The third kappa shape index (κ3) is 2.11. The minimum absolute atomic E-state index is 0.00685. The third-order valence-electron chi connectivity index (χ3n) is 1.75. The summed E-state index contributed by atoms with van der Waals surface area (Å²) >= 11 is 0. The number of aromatic nitrogens is 1. The highest BCUT2D eigenvalue weighted by molar-refractivity contribution is 5.67. The SMILES string of the molecule is C=C(CN)c1ccncc1C(F)(F)F.